The minimum absolute atomic E-state index is 0.0438. The summed E-state index contributed by atoms with van der Waals surface area (Å²) >= 11 is 1.61. The number of piperidine rings is 1. The van der Waals surface area contributed by atoms with E-state index in [9.17, 15) is 4.79 Å². The lowest BCUT2D eigenvalue weighted by Gasteiger charge is -2.30. The van der Waals surface area contributed by atoms with E-state index in [0.717, 1.165) is 38.2 Å². The van der Waals surface area contributed by atoms with Gasteiger partial charge in [0.05, 0.1) is 23.7 Å². The third-order valence-electron chi connectivity index (χ3n) is 2.99. The first-order chi connectivity index (χ1) is 8.29. The Bertz CT molecular complexity index is 353. The van der Waals surface area contributed by atoms with Gasteiger partial charge in [-0.15, -0.1) is 11.3 Å². The maximum Gasteiger partial charge on any atom is 0.310 e. The van der Waals surface area contributed by atoms with Gasteiger partial charge in [0.2, 0.25) is 0 Å². The Labute approximate surface area is 106 Å². The lowest BCUT2D eigenvalue weighted by molar-refractivity contribution is -0.150. The standard InChI is InChI=1S/C12H18N2O2S/c1-2-16-12(15)10-4-3-5-14(6-10)7-11-8-17-9-13-11/h8-10H,2-7H2,1H3/t10-/m0/s1. The van der Waals surface area contributed by atoms with Gasteiger partial charge in [-0.2, -0.15) is 0 Å². The Balaban J connectivity index is 1.86. The molecule has 0 unspecified atom stereocenters. The zero-order valence-electron chi connectivity index (χ0n) is 10.1. The van der Waals surface area contributed by atoms with E-state index in [-0.39, 0.29) is 11.9 Å². The fourth-order valence-electron chi connectivity index (χ4n) is 2.20. The number of likely N-dealkylation sites (tertiary alicyclic amines) is 1. The van der Waals surface area contributed by atoms with E-state index in [1.165, 1.54) is 0 Å². The van der Waals surface area contributed by atoms with E-state index >= 15 is 0 Å². The molecule has 0 saturated carbocycles. The van der Waals surface area contributed by atoms with E-state index in [0.29, 0.717) is 6.61 Å². The molecule has 17 heavy (non-hydrogen) atoms. The van der Waals surface area contributed by atoms with Crippen LogP contribution in [-0.4, -0.2) is 35.5 Å². The first-order valence-electron chi connectivity index (χ1n) is 6.05. The van der Waals surface area contributed by atoms with Crippen molar-refractivity contribution in [2.75, 3.05) is 19.7 Å². The van der Waals surface area contributed by atoms with Crippen molar-refractivity contribution in [2.45, 2.75) is 26.3 Å². The third-order valence-corrected chi connectivity index (χ3v) is 3.63. The molecule has 0 bridgehead atoms. The second-order valence-corrected chi connectivity index (χ2v) is 5.02. The van der Waals surface area contributed by atoms with E-state index in [1.54, 1.807) is 11.3 Å². The normalized spacial score (nSPS) is 21.4. The Morgan fingerprint density at radius 2 is 2.59 bits per heavy atom. The summed E-state index contributed by atoms with van der Waals surface area (Å²) in [6.07, 6.45) is 2.01. The van der Waals surface area contributed by atoms with Gasteiger partial charge in [-0.3, -0.25) is 9.69 Å². The zero-order valence-corrected chi connectivity index (χ0v) is 10.9. The summed E-state index contributed by atoms with van der Waals surface area (Å²) in [4.78, 5) is 18.3. The van der Waals surface area contributed by atoms with Gasteiger partial charge in [-0.1, -0.05) is 0 Å². The van der Waals surface area contributed by atoms with Gasteiger partial charge in [0.15, 0.2) is 0 Å². The number of hydrogen-bond donors (Lipinski definition) is 0. The number of carbonyl (C=O) groups is 1. The van der Waals surface area contributed by atoms with Gasteiger partial charge in [0.1, 0.15) is 0 Å². The number of nitrogens with zero attached hydrogens (tertiary/aromatic N) is 2. The SMILES string of the molecule is CCOC(=O)[C@H]1CCCN(Cc2cscn2)C1. The molecular formula is C12H18N2O2S. The van der Waals surface area contributed by atoms with Crippen molar-refractivity contribution in [3.8, 4) is 0 Å². The van der Waals surface area contributed by atoms with Gasteiger partial charge in [0, 0.05) is 18.5 Å². The average molecular weight is 254 g/mol. The van der Waals surface area contributed by atoms with Crippen LogP contribution < -0.4 is 0 Å². The van der Waals surface area contributed by atoms with Crippen LogP contribution in [-0.2, 0) is 16.1 Å². The number of esters is 1. The molecule has 0 radical (unpaired) electrons. The summed E-state index contributed by atoms with van der Waals surface area (Å²) in [5.41, 5.74) is 2.95. The van der Waals surface area contributed by atoms with Crippen LogP contribution in [0.1, 0.15) is 25.5 Å². The molecule has 4 nitrogen and oxygen atoms in total. The third kappa shape index (κ3) is 3.51. The highest BCUT2D eigenvalue weighted by Gasteiger charge is 2.26. The molecule has 1 aromatic rings. The number of aromatic nitrogens is 1. The van der Waals surface area contributed by atoms with Crippen molar-refractivity contribution in [1.82, 2.24) is 9.88 Å². The Morgan fingerprint density at radius 1 is 1.71 bits per heavy atom. The first-order valence-corrected chi connectivity index (χ1v) is 7.00. The highest BCUT2D eigenvalue weighted by molar-refractivity contribution is 7.07. The van der Waals surface area contributed by atoms with Crippen molar-refractivity contribution >= 4 is 17.3 Å². The van der Waals surface area contributed by atoms with Gasteiger partial charge in [0.25, 0.3) is 0 Å². The molecule has 1 aliphatic heterocycles. The van der Waals surface area contributed by atoms with E-state index < -0.39 is 0 Å². The van der Waals surface area contributed by atoms with Crippen molar-refractivity contribution in [3.05, 3.63) is 16.6 Å². The molecule has 0 amide bonds. The van der Waals surface area contributed by atoms with Crippen LogP contribution >= 0.6 is 11.3 Å². The number of ether oxygens (including phenoxy) is 1. The topological polar surface area (TPSA) is 42.4 Å². The maximum atomic E-state index is 11.7. The van der Waals surface area contributed by atoms with Crippen LogP contribution in [0.5, 0.6) is 0 Å². The molecule has 0 N–H and O–H groups in total. The second kappa shape index (κ2) is 6.12. The van der Waals surface area contributed by atoms with Crippen molar-refractivity contribution in [3.63, 3.8) is 0 Å². The summed E-state index contributed by atoms with van der Waals surface area (Å²) in [7, 11) is 0. The molecule has 1 saturated heterocycles. The summed E-state index contributed by atoms with van der Waals surface area (Å²) in [5, 5.41) is 2.06. The van der Waals surface area contributed by atoms with Gasteiger partial charge in [-0.25, -0.2) is 4.98 Å². The average Bonchev–Trinajstić information content (AvgIpc) is 2.82. The minimum atomic E-state index is -0.0459. The van der Waals surface area contributed by atoms with Crippen LogP contribution in [0.25, 0.3) is 0 Å². The molecule has 0 aromatic carbocycles. The number of carbonyl (C=O) groups excluding carboxylic acids is 1. The van der Waals surface area contributed by atoms with Gasteiger partial charge in [-0.05, 0) is 26.3 Å². The number of hydrogen-bond acceptors (Lipinski definition) is 5. The molecule has 1 atom stereocenters. The van der Waals surface area contributed by atoms with E-state index in [2.05, 4.69) is 15.3 Å². The van der Waals surface area contributed by atoms with Crippen molar-refractivity contribution < 1.29 is 9.53 Å². The van der Waals surface area contributed by atoms with Crippen LogP contribution in [0, 0.1) is 5.92 Å². The molecule has 1 aliphatic rings. The van der Waals surface area contributed by atoms with Crippen molar-refractivity contribution in [1.29, 1.82) is 0 Å². The molecular weight excluding hydrogens is 236 g/mol. The minimum Gasteiger partial charge on any atom is -0.466 e. The zero-order chi connectivity index (χ0) is 12.1. The van der Waals surface area contributed by atoms with Crippen LogP contribution in [0.4, 0.5) is 0 Å². The lowest BCUT2D eigenvalue weighted by atomic mass is 9.98. The molecule has 1 fully saturated rings. The molecule has 2 rings (SSSR count). The molecule has 0 spiro atoms. The largest absolute Gasteiger partial charge is 0.466 e. The molecule has 2 heterocycles. The van der Waals surface area contributed by atoms with Crippen LogP contribution in [0.15, 0.2) is 10.9 Å². The number of rotatable bonds is 4. The number of thiazole rings is 1. The highest BCUT2D eigenvalue weighted by atomic mass is 32.1. The second-order valence-electron chi connectivity index (χ2n) is 4.31. The molecule has 94 valence electrons. The molecule has 1 aromatic heterocycles. The van der Waals surface area contributed by atoms with Crippen LogP contribution in [0.2, 0.25) is 0 Å². The highest BCUT2D eigenvalue weighted by Crippen LogP contribution is 2.19. The van der Waals surface area contributed by atoms with Crippen molar-refractivity contribution in [2.24, 2.45) is 5.92 Å². The Kier molecular flexibility index (Phi) is 4.50. The first kappa shape index (κ1) is 12.5. The van der Waals surface area contributed by atoms with Crippen LogP contribution in [0.3, 0.4) is 0 Å². The Morgan fingerprint density at radius 3 is 3.29 bits per heavy atom. The maximum absolute atomic E-state index is 11.7. The Hall–Kier alpha value is -0.940. The van der Waals surface area contributed by atoms with Gasteiger partial charge < -0.3 is 4.74 Å². The fraction of sp³-hybridized carbons (Fsp3) is 0.667. The van der Waals surface area contributed by atoms with E-state index in [4.69, 9.17) is 4.74 Å². The van der Waals surface area contributed by atoms with Gasteiger partial charge >= 0.3 is 5.97 Å². The quantitative estimate of drug-likeness (QED) is 0.770. The predicted octanol–water partition coefficient (Wildman–Crippen LogP) is 1.92. The molecule has 0 aliphatic carbocycles. The predicted molar refractivity (Wildman–Crippen MR) is 66.7 cm³/mol. The van der Waals surface area contributed by atoms with E-state index in [1.807, 2.05) is 12.4 Å². The summed E-state index contributed by atoms with van der Waals surface area (Å²) in [5.74, 6) is -0.00202. The molecule has 5 heteroatoms. The summed E-state index contributed by atoms with van der Waals surface area (Å²) in [6, 6.07) is 0. The monoisotopic (exact) mass is 254 g/mol. The smallest absolute Gasteiger partial charge is 0.310 e. The lowest BCUT2D eigenvalue weighted by Crippen LogP contribution is -2.38. The summed E-state index contributed by atoms with van der Waals surface area (Å²) < 4.78 is 5.09. The fourth-order valence-corrected chi connectivity index (χ4v) is 2.75. The summed E-state index contributed by atoms with van der Waals surface area (Å²) in [6.45, 7) is 5.03.